The van der Waals surface area contributed by atoms with Gasteiger partial charge in [0, 0.05) is 17.3 Å². The molecule has 98 valence electrons. The number of nitrogens with two attached hydrogens (primary N) is 2. The highest BCUT2D eigenvalue weighted by Crippen LogP contribution is 2.18. The van der Waals surface area contributed by atoms with Crippen molar-refractivity contribution < 1.29 is 9.53 Å². The minimum atomic E-state index is -0.425. The molecule has 0 atom stereocenters. The van der Waals surface area contributed by atoms with Crippen LogP contribution in [0.3, 0.4) is 0 Å². The number of hydrogen-bond acceptors (Lipinski definition) is 3. The molecule has 0 aliphatic rings. The summed E-state index contributed by atoms with van der Waals surface area (Å²) in [7, 11) is 0. The Balaban J connectivity index is 2.10. The number of benzene rings is 2. The van der Waals surface area contributed by atoms with Gasteiger partial charge in [-0.1, -0.05) is 12.1 Å². The van der Waals surface area contributed by atoms with Crippen LogP contribution in [0.5, 0.6) is 5.75 Å². The van der Waals surface area contributed by atoms with E-state index in [1.54, 1.807) is 24.3 Å². The molecule has 0 heterocycles. The van der Waals surface area contributed by atoms with E-state index in [4.69, 9.17) is 16.2 Å². The van der Waals surface area contributed by atoms with Gasteiger partial charge in [-0.3, -0.25) is 4.79 Å². The normalized spacial score (nSPS) is 10.2. The minimum Gasteiger partial charge on any atom is -0.489 e. The second kappa shape index (κ2) is 5.44. The number of rotatable bonds is 4. The Labute approximate surface area is 112 Å². The number of carbonyl (C=O) groups is 1. The predicted molar refractivity (Wildman–Crippen MR) is 74.9 cm³/mol. The maximum absolute atomic E-state index is 11.1. The maximum atomic E-state index is 11.1. The molecule has 4 N–H and O–H groups in total. The minimum absolute atomic E-state index is 0.425. The Morgan fingerprint density at radius 3 is 2.63 bits per heavy atom. The van der Waals surface area contributed by atoms with Gasteiger partial charge in [-0.25, -0.2) is 0 Å². The van der Waals surface area contributed by atoms with Gasteiger partial charge in [-0.15, -0.1) is 0 Å². The number of nitrogen functional groups attached to an aromatic ring is 1. The lowest BCUT2D eigenvalue weighted by Crippen LogP contribution is -2.11. The summed E-state index contributed by atoms with van der Waals surface area (Å²) in [5.41, 5.74) is 14.1. The summed E-state index contributed by atoms with van der Waals surface area (Å²) in [6.07, 6.45) is 0. The summed E-state index contributed by atoms with van der Waals surface area (Å²) in [5, 5.41) is 0. The first kappa shape index (κ1) is 13.0. The van der Waals surface area contributed by atoms with E-state index in [2.05, 4.69) is 0 Å². The largest absolute Gasteiger partial charge is 0.489 e. The summed E-state index contributed by atoms with van der Waals surface area (Å²) in [4.78, 5) is 11.1. The number of ether oxygens (including phenoxy) is 1. The third-order valence-corrected chi connectivity index (χ3v) is 2.88. The van der Waals surface area contributed by atoms with E-state index < -0.39 is 5.91 Å². The number of primary amides is 1. The lowest BCUT2D eigenvalue weighted by molar-refractivity contribution is 0.1000. The Morgan fingerprint density at radius 2 is 2.00 bits per heavy atom. The molecule has 0 fully saturated rings. The highest BCUT2D eigenvalue weighted by molar-refractivity contribution is 5.93. The molecule has 0 spiro atoms. The molecule has 19 heavy (non-hydrogen) atoms. The Kier molecular flexibility index (Phi) is 3.71. The van der Waals surface area contributed by atoms with E-state index in [-0.39, 0.29) is 0 Å². The first-order valence-corrected chi connectivity index (χ1v) is 5.94. The van der Waals surface area contributed by atoms with Crippen molar-refractivity contribution in [3.05, 3.63) is 59.2 Å². The Morgan fingerprint density at radius 1 is 1.21 bits per heavy atom. The molecule has 0 saturated heterocycles. The van der Waals surface area contributed by atoms with Crippen LogP contribution >= 0.6 is 0 Å². The number of anilines is 1. The van der Waals surface area contributed by atoms with E-state index in [1.807, 2.05) is 25.1 Å². The molecule has 0 aliphatic heterocycles. The molecule has 4 nitrogen and oxygen atoms in total. The first-order chi connectivity index (χ1) is 9.06. The summed E-state index contributed by atoms with van der Waals surface area (Å²) in [6, 6.07) is 12.6. The van der Waals surface area contributed by atoms with Gasteiger partial charge in [0.15, 0.2) is 0 Å². The monoisotopic (exact) mass is 256 g/mol. The summed E-state index contributed by atoms with van der Waals surface area (Å²) in [6.45, 7) is 2.35. The number of aryl methyl sites for hydroxylation is 1. The fourth-order valence-corrected chi connectivity index (χ4v) is 1.78. The summed E-state index contributed by atoms with van der Waals surface area (Å²) < 4.78 is 5.66. The maximum Gasteiger partial charge on any atom is 0.248 e. The highest BCUT2D eigenvalue weighted by Gasteiger charge is 2.05. The molecule has 2 rings (SSSR count). The van der Waals surface area contributed by atoms with Crippen molar-refractivity contribution in [1.29, 1.82) is 0 Å². The van der Waals surface area contributed by atoms with Crippen molar-refractivity contribution in [2.24, 2.45) is 5.73 Å². The van der Waals surface area contributed by atoms with E-state index in [0.717, 1.165) is 16.9 Å². The van der Waals surface area contributed by atoms with Gasteiger partial charge in [0.2, 0.25) is 5.91 Å². The van der Waals surface area contributed by atoms with Crippen molar-refractivity contribution in [2.75, 3.05) is 5.73 Å². The summed E-state index contributed by atoms with van der Waals surface area (Å²) >= 11 is 0. The van der Waals surface area contributed by atoms with Crippen molar-refractivity contribution in [3.8, 4) is 5.75 Å². The van der Waals surface area contributed by atoms with Crippen LogP contribution in [0, 0.1) is 6.92 Å². The van der Waals surface area contributed by atoms with E-state index in [0.29, 0.717) is 17.9 Å². The molecule has 0 saturated carbocycles. The zero-order valence-corrected chi connectivity index (χ0v) is 10.7. The third kappa shape index (κ3) is 3.25. The molecular formula is C15H16N2O2. The van der Waals surface area contributed by atoms with Gasteiger partial charge in [-0.05, 0) is 42.3 Å². The summed E-state index contributed by atoms with van der Waals surface area (Å²) in [5.74, 6) is 0.296. The highest BCUT2D eigenvalue weighted by atomic mass is 16.5. The first-order valence-electron chi connectivity index (χ1n) is 5.94. The van der Waals surface area contributed by atoms with Gasteiger partial charge >= 0.3 is 0 Å². The van der Waals surface area contributed by atoms with Gasteiger partial charge in [-0.2, -0.15) is 0 Å². The zero-order chi connectivity index (χ0) is 13.8. The fourth-order valence-electron chi connectivity index (χ4n) is 1.78. The smallest absolute Gasteiger partial charge is 0.248 e. The quantitative estimate of drug-likeness (QED) is 0.823. The molecule has 0 radical (unpaired) electrons. The topological polar surface area (TPSA) is 78.3 Å². The average molecular weight is 256 g/mol. The molecule has 0 bridgehead atoms. The average Bonchev–Trinajstić information content (AvgIpc) is 2.37. The van der Waals surface area contributed by atoms with E-state index in [1.165, 1.54) is 0 Å². The molecule has 0 aromatic heterocycles. The predicted octanol–water partition coefficient (Wildman–Crippen LogP) is 2.26. The molecule has 0 unspecified atom stereocenters. The molecule has 4 heteroatoms. The van der Waals surface area contributed by atoms with E-state index >= 15 is 0 Å². The van der Waals surface area contributed by atoms with Crippen molar-refractivity contribution in [2.45, 2.75) is 13.5 Å². The SMILES string of the molecule is Cc1cc(C(N)=O)ccc1COc1cccc(N)c1. The lowest BCUT2D eigenvalue weighted by atomic mass is 10.1. The number of hydrogen-bond donors (Lipinski definition) is 2. The van der Waals surface area contributed by atoms with Gasteiger partial charge < -0.3 is 16.2 Å². The lowest BCUT2D eigenvalue weighted by Gasteiger charge is -2.10. The molecule has 2 aromatic carbocycles. The van der Waals surface area contributed by atoms with Crippen LogP contribution in [-0.4, -0.2) is 5.91 Å². The van der Waals surface area contributed by atoms with Crippen LogP contribution in [0.15, 0.2) is 42.5 Å². The molecule has 1 amide bonds. The molecular weight excluding hydrogens is 240 g/mol. The Bertz CT molecular complexity index is 609. The van der Waals surface area contributed by atoms with Crippen LogP contribution < -0.4 is 16.2 Å². The van der Waals surface area contributed by atoms with Crippen molar-refractivity contribution in [1.82, 2.24) is 0 Å². The second-order valence-corrected chi connectivity index (χ2v) is 4.37. The third-order valence-electron chi connectivity index (χ3n) is 2.88. The second-order valence-electron chi connectivity index (χ2n) is 4.37. The zero-order valence-electron chi connectivity index (χ0n) is 10.7. The fraction of sp³-hybridized carbons (Fsp3) is 0.133. The van der Waals surface area contributed by atoms with Gasteiger partial charge in [0.25, 0.3) is 0 Å². The van der Waals surface area contributed by atoms with Crippen LogP contribution in [0.25, 0.3) is 0 Å². The van der Waals surface area contributed by atoms with Crippen LogP contribution in [0.1, 0.15) is 21.5 Å². The van der Waals surface area contributed by atoms with E-state index in [9.17, 15) is 4.79 Å². The Hall–Kier alpha value is -2.49. The standard InChI is InChI=1S/C15H16N2O2/c1-10-7-11(15(17)18)5-6-12(10)9-19-14-4-2-3-13(16)8-14/h2-8H,9,16H2,1H3,(H2,17,18). The molecule has 2 aromatic rings. The van der Waals surface area contributed by atoms with Crippen LogP contribution in [0.2, 0.25) is 0 Å². The van der Waals surface area contributed by atoms with Crippen LogP contribution in [-0.2, 0) is 6.61 Å². The number of amides is 1. The van der Waals surface area contributed by atoms with Crippen LogP contribution in [0.4, 0.5) is 5.69 Å². The van der Waals surface area contributed by atoms with Gasteiger partial charge in [0.05, 0.1) is 0 Å². The van der Waals surface area contributed by atoms with Gasteiger partial charge in [0.1, 0.15) is 12.4 Å². The van der Waals surface area contributed by atoms with Crippen molar-refractivity contribution in [3.63, 3.8) is 0 Å². The number of carbonyl (C=O) groups excluding carboxylic acids is 1. The molecule has 0 aliphatic carbocycles. The van der Waals surface area contributed by atoms with Crippen molar-refractivity contribution >= 4 is 11.6 Å².